The minimum Gasteiger partial charge on any atom is -0.494 e. The number of piperazine rings is 1. The van der Waals surface area contributed by atoms with Gasteiger partial charge in [0.2, 0.25) is 21.8 Å². The maximum absolute atomic E-state index is 12.6. The molecule has 2 aliphatic heterocycles. The Morgan fingerprint density at radius 1 is 0.979 bits per heavy atom. The summed E-state index contributed by atoms with van der Waals surface area (Å²) < 4.78 is 31.9. The van der Waals surface area contributed by atoms with E-state index < -0.39 is 20.6 Å². The number of rotatable bonds is 10. The highest BCUT2D eigenvalue weighted by molar-refractivity contribution is 7.92. The summed E-state index contributed by atoms with van der Waals surface area (Å²) in [6.07, 6.45) is 7.27. The number of hydrogen-bond donors (Lipinski definition) is 2. The first-order valence-electron chi connectivity index (χ1n) is 15.6. The number of aromatic nitrogens is 4. The van der Waals surface area contributed by atoms with Crippen molar-refractivity contribution in [3.05, 3.63) is 59.0 Å². The minimum absolute atomic E-state index is 0.0701. The molecule has 0 saturated carbocycles. The van der Waals surface area contributed by atoms with Gasteiger partial charge in [-0.3, -0.25) is 29.3 Å². The highest BCUT2D eigenvalue weighted by atomic mass is 32.2. The first-order chi connectivity index (χ1) is 23.0. The summed E-state index contributed by atoms with van der Waals surface area (Å²) in [6, 6.07) is 9.66. The SMILES string of the molecule is COc1cc(N2CCC(N3CCN(C)CC3)CC2)ccc1Nc1ncc([N+](=O)[O-])c(Nc2ccc3nccnc3c2N(C)S(C)(=O)=O)n1. The van der Waals surface area contributed by atoms with Crippen LogP contribution in [0.2, 0.25) is 0 Å². The van der Waals surface area contributed by atoms with Crippen molar-refractivity contribution in [3.8, 4) is 5.75 Å². The van der Waals surface area contributed by atoms with Crippen molar-refractivity contribution in [2.75, 3.05) is 86.6 Å². The van der Waals surface area contributed by atoms with Gasteiger partial charge in [-0.2, -0.15) is 4.98 Å². The van der Waals surface area contributed by atoms with Gasteiger partial charge in [0.15, 0.2) is 0 Å². The zero-order valence-corrected chi connectivity index (χ0v) is 28.1. The number of hydrogen-bond acceptors (Lipinski definition) is 14. The molecule has 17 heteroatoms. The van der Waals surface area contributed by atoms with Crippen molar-refractivity contribution in [2.45, 2.75) is 18.9 Å². The molecule has 0 amide bonds. The molecule has 2 fully saturated rings. The average Bonchev–Trinajstić information content (AvgIpc) is 3.08. The van der Waals surface area contributed by atoms with Crippen LogP contribution in [0.15, 0.2) is 48.9 Å². The molecule has 2 N–H and O–H groups in total. The lowest BCUT2D eigenvalue weighted by Crippen LogP contribution is -2.52. The second kappa shape index (κ2) is 13.7. The van der Waals surface area contributed by atoms with Gasteiger partial charge in [-0.15, -0.1) is 0 Å². The largest absolute Gasteiger partial charge is 0.494 e. The monoisotopic (exact) mass is 677 g/mol. The Hall–Kier alpha value is -4.87. The zero-order chi connectivity index (χ0) is 34.0. The quantitative estimate of drug-likeness (QED) is 0.184. The minimum atomic E-state index is -3.74. The predicted octanol–water partition coefficient (Wildman–Crippen LogP) is 3.44. The van der Waals surface area contributed by atoms with E-state index in [1.165, 1.54) is 19.4 Å². The molecule has 2 aromatic heterocycles. The highest BCUT2D eigenvalue weighted by Gasteiger charge is 2.28. The lowest BCUT2D eigenvalue weighted by molar-refractivity contribution is -0.384. The van der Waals surface area contributed by atoms with Crippen LogP contribution in [0.4, 0.5) is 40.2 Å². The number of ether oxygens (including phenoxy) is 1. The van der Waals surface area contributed by atoms with Gasteiger partial charge in [0, 0.05) is 76.5 Å². The second-order valence-corrected chi connectivity index (χ2v) is 14.0. The van der Waals surface area contributed by atoms with Crippen LogP contribution in [0.1, 0.15) is 12.8 Å². The summed E-state index contributed by atoms with van der Waals surface area (Å²) >= 11 is 0. The smallest absolute Gasteiger partial charge is 0.329 e. The van der Waals surface area contributed by atoms with Crippen molar-refractivity contribution < 1.29 is 18.1 Å². The van der Waals surface area contributed by atoms with Gasteiger partial charge in [-0.25, -0.2) is 13.4 Å². The molecule has 0 atom stereocenters. The van der Waals surface area contributed by atoms with Crippen LogP contribution in [0, 0.1) is 10.1 Å². The Morgan fingerprint density at radius 2 is 1.69 bits per heavy atom. The number of anilines is 6. The average molecular weight is 678 g/mol. The van der Waals surface area contributed by atoms with Gasteiger partial charge >= 0.3 is 5.69 Å². The number of fused-ring (bicyclic) bond motifs is 1. The predicted molar refractivity (Wildman–Crippen MR) is 185 cm³/mol. The summed E-state index contributed by atoms with van der Waals surface area (Å²) in [5.41, 5.74) is 2.34. The molecule has 2 saturated heterocycles. The van der Waals surface area contributed by atoms with Gasteiger partial charge in [0.1, 0.15) is 23.2 Å². The highest BCUT2D eigenvalue weighted by Crippen LogP contribution is 2.38. The Kier molecular flexibility index (Phi) is 9.43. The molecule has 0 bridgehead atoms. The Labute approximate surface area is 279 Å². The van der Waals surface area contributed by atoms with Crippen LogP contribution >= 0.6 is 0 Å². The molecule has 16 nitrogen and oxygen atoms in total. The molecule has 48 heavy (non-hydrogen) atoms. The maximum atomic E-state index is 12.6. The number of methoxy groups -OCH3 is 1. The summed E-state index contributed by atoms with van der Waals surface area (Å²) in [5, 5.41) is 18.1. The third-order valence-electron chi connectivity index (χ3n) is 8.96. The van der Waals surface area contributed by atoms with Gasteiger partial charge in [-0.05, 0) is 44.2 Å². The molecule has 4 heterocycles. The number of nitro groups is 1. The Morgan fingerprint density at radius 3 is 2.38 bits per heavy atom. The lowest BCUT2D eigenvalue weighted by Gasteiger charge is -2.42. The van der Waals surface area contributed by atoms with Crippen LogP contribution in [0.5, 0.6) is 5.75 Å². The van der Waals surface area contributed by atoms with Crippen molar-refractivity contribution in [1.29, 1.82) is 0 Å². The Balaban J connectivity index is 1.24. The summed E-state index contributed by atoms with van der Waals surface area (Å²) in [6.45, 7) is 6.36. The third-order valence-corrected chi connectivity index (χ3v) is 10.1. The van der Waals surface area contributed by atoms with E-state index in [4.69, 9.17) is 4.74 Å². The molecule has 6 rings (SSSR count). The standard InChI is InChI=1S/C31H39N11O5S/c1-38-15-17-41(18-16-38)21-9-13-40(14-10-21)22-5-6-23(27(19-22)47-3)36-31-34-20-26(42(43)44)30(37-31)35-25-8-7-24-28(33-12-11-32-24)29(25)39(2)48(4,45)46/h5-8,11-12,19-21H,9-10,13-18H2,1-4H3,(H2,34,35,36,37). The molecule has 4 aromatic rings. The molecular weight excluding hydrogens is 638 g/mol. The number of likely N-dealkylation sites (N-methyl/N-ethyl adjacent to an activating group) is 1. The maximum Gasteiger partial charge on any atom is 0.329 e. The van der Waals surface area contributed by atoms with E-state index in [1.807, 2.05) is 18.2 Å². The van der Waals surface area contributed by atoms with Crippen LogP contribution in [-0.2, 0) is 10.0 Å². The number of benzene rings is 2. The summed E-state index contributed by atoms with van der Waals surface area (Å²) in [7, 11) is 1.39. The first-order valence-corrected chi connectivity index (χ1v) is 17.5. The van der Waals surface area contributed by atoms with Gasteiger partial charge in [0.05, 0.1) is 35.2 Å². The molecule has 254 valence electrons. The number of nitrogens with one attached hydrogen (secondary N) is 2. The molecule has 0 spiro atoms. The van der Waals surface area contributed by atoms with E-state index in [1.54, 1.807) is 19.2 Å². The molecule has 2 aromatic carbocycles. The Bertz CT molecular complexity index is 1910. The molecular formula is C31H39N11O5S. The van der Waals surface area contributed by atoms with E-state index in [0.29, 0.717) is 28.5 Å². The van der Waals surface area contributed by atoms with Crippen molar-refractivity contribution in [3.63, 3.8) is 0 Å². The first kappa shape index (κ1) is 33.0. The van der Waals surface area contributed by atoms with E-state index in [-0.39, 0.29) is 23.1 Å². The van der Waals surface area contributed by atoms with Crippen molar-refractivity contribution in [1.82, 2.24) is 29.7 Å². The molecule has 2 aliphatic rings. The topological polar surface area (TPSA) is 175 Å². The number of piperidine rings is 1. The fourth-order valence-electron chi connectivity index (χ4n) is 6.17. The summed E-state index contributed by atoms with van der Waals surface area (Å²) in [5.74, 6) is 0.485. The van der Waals surface area contributed by atoms with Crippen LogP contribution < -0.4 is 24.6 Å². The van der Waals surface area contributed by atoms with Crippen molar-refractivity contribution in [2.24, 2.45) is 0 Å². The van der Waals surface area contributed by atoms with E-state index in [0.717, 1.165) is 74.6 Å². The van der Waals surface area contributed by atoms with Gasteiger partial charge in [-0.1, -0.05) is 0 Å². The lowest BCUT2D eigenvalue weighted by atomic mass is 10.0. The van der Waals surface area contributed by atoms with Crippen LogP contribution in [0.25, 0.3) is 11.0 Å². The zero-order valence-electron chi connectivity index (χ0n) is 27.3. The van der Waals surface area contributed by atoms with E-state index in [9.17, 15) is 18.5 Å². The van der Waals surface area contributed by atoms with E-state index >= 15 is 0 Å². The number of sulfonamides is 1. The summed E-state index contributed by atoms with van der Waals surface area (Å²) in [4.78, 5) is 35.9. The third kappa shape index (κ3) is 7.02. The molecule has 0 unspecified atom stereocenters. The van der Waals surface area contributed by atoms with E-state index in [2.05, 4.69) is 52.3 Å². The van der Waals surface area contributed by atoms with Crippen molar-refractivity contribution >= 4 is 61.3 Å². The van der Waals surface area contributed by atoms with Gasteiger partial charge < -0.3 is 25.2 Å². The second-order valence-electron chi connectivity index (χ2n) is 12.0. The molecule has 0 aliphatic carbocycles. The van der Waals surface area contributed by atoms with Crippen LogP contribution in [0.3, 0.4) is 0 Å². The number of nitrogens with zero attached hydrogens (tertiary/aromatic N) is 9. The fraction of sp³-hybridized carbons (Fsp3) is 0.419. The molecule has 0 radical (unpaired) electrons. The van der Waals surface area contributed by atoms with Crippen LogP contribution in [-0.4, -0.2) is 116 Å². The normalized spacial score (nSPS) is 16.5. The van der Waals surface area contributed by atoms with Gasteiger partial charge in [0.25, 0.3) is 0 Å². The fourth-order valence-corrected chi connectivity index (χ4v) is 6.69.